The number of nitriles is 1. The third-order valence-electron chi connectivity index (χ3n) is 2.31. The molecule has 0 aliphatic rings. The minimum Gasteiger partial charge on any atom is -0.404 e. The van der Waals surface area contributed by atoms with Crippen molar-refractivity contribution >= 4 is 11.6 Å². The number of hydrogen-bond acceptors (Lipinski definition) is 5. The zero-order valence-corrected chi connectivity index (χ0v) is 9.29. The Kier molecular flexibility index (Phi) is 3.25. The summed E-state index contributed by atoms with van der Waals surface area (Å²) >= 11 is 0. The molecule has 0 radical (unpaired) electrons. The first kappa shape index (κ1) is 11.7. The first-order valence-electron chi connectivity index (χ1n) is 5.16. The van der Waals surface area contributed by atoms with Gasteiger partial charge in [-0.05, 0) is 30.3 Å². The summed E-state index contributed by atoms with van der Waals surface area (Å²) in [5.74, 6) is 0.206. The second-order valence-electron chi connectivity index (χ2n) is 3.54. The highest BCUT2D eigenvalue weighted by Gasteiger charge is 2.11. The average Bonchev–Trinajstić information content (AvgIpc) is 2.86. The zero-order chi connectivity index (χ0) is 13.0. The van der Waals surface area contributed by atoms with E-state index in [1.807, 2.05) is 6.07 Å². The minimum atomic E-state index is -0.578. The lowest BCUT2D eigenvalue weighted by Crippen LogP contribution is -1.97. The molecule has 1 aromatic heterocycles. The predicted octanol–water partition coefficient (Wildman–Crippen LogP) is 2.67. The first-order valence-corrected chi connectivity index (χ1v) is 5.16. The summed E-state index contributed by atoms with van der Waals surface area (Å²) in [4.78, 5) is 9.84. The molecule has 1 heterocycles. The van der Waals surface area contributed by atoms with Gasteiger partial charge in [-0.3, -0.25) is 10.1 Å². The molecule has 1 N–H and O–H groups in total. The molecule has 6 heteroatoms. The molecule has 0 amide bonds. The van der Waals surface area contributed by atoms with Crippen LogP contribution in [-0.4, -0.2) is 4.92 Å². The Bertz CT molecular complexity index is 596. The summed E-state index contributed by atoms with van der Waals surface area (Å²) in [5.41, 5.74) is 1.39. The largest absolute Gasteiger partial charge is 0.433 e. The van der Waals surface area contributed by atoms with E-state index >= 15 is 0 Å². The number of benzene rings is 1. The molecule has 18 heavy (non-hydrogen) atoms. The summed E-state index contributed by atoms with van der Waals surface area (Å²) in [6.45, 7) is 0.347. The number of furan rings is 1. The van der Waals surface area contributed by atoms with E-state index in [0.29, 0.717) is 17.9 Å². The van der Waals surface area contributed by atoms with E-state index in [9.17, 15) is 10.1 Å². The average molecular weight is 243 g/mol. The van der Waals surface area contributed by atoms with E-state index in [2.05, 4.69) is 5.32 Å². The van der Waals surface area contributed by atoms with Crippen LogP contribution in [0.5, 0.6) is 0 Å². The van der Waals surface area contributed by atoms with Gasteiger partial charge in [0.1, 0.15) is 10.7 Å². The standard InChI is InChI=1S/C12H9N3O3/c13-7-9-1-3-10(4-2-9)14-8-11-5-6-12(18-11)15(16)17/h1-6,14H,8H2. The van der Waals surface area contributed by atoms with Crippen LogP contribution in [-0.2, 0) is 6.54 Å². The van der Waals surface area contributed by atoms with E-state index in [1.54, 1.807) is 30.3 Å². The van der Waals surface area contributed by atoms with E-state index in [1.165, 1.54) is 6.07 Å². The lowest BCUT2D eigenvalue weighted by molar-refractivity contribution is -0.402. The number of rotatable bonds is 4. The SMILES string of the molecule is N#Cc1ccc(NCc2ccc([N+](=O)[O-])o2)cc1. The highest BCUT2D eigenvalue weighted by atomic mass is 16.6. The maximum Gasteiger partial charge on any atom is 0.433 e. The molecule has 0 aliphatic carbocycles. The second-order valence-corrected chi connectivity index (χ2v) is 3.54. The number of nitrogens with one attached hydrogen (secondary N) is 1. The molecule has 90 valence electrons. The Hall–Kier alpha value is -2.81. The van der Waals surface area contributed by atoms with Crippen LogP contribution in [0.4, 0.5) is 11.6 Å². The third-order valence-corrected chi connectivity index (χ3v) is 2.31. The molecule has 0 saturated carbocycles. The van der Waals surface area contributed by atoms with Gasteiger partial charge in [-0.2, -0.15) is 5.26 Å². The fourth-order valence-electron chi connectivity index (χ4n) is 1.41. The van der Waals surface area contributed by atoms with Crippen LogP contribution in [0.3, 0.4) is 0 Å². The van der Waals surface area contributed by atoms with Gasteiger partial charge in [-0.25, -0.2) is 0 Å². The number of nitro groups is 1. The zero-order valence-electron chi connectivity index (χ0n) is 9.29. The molecule has 0 unspecified atom stereocenters. The predicted molar refractivity (Wildman–Crippen MR) is 63.8 cm³/mol. The van der Waals surface area contributed by atoms with Crippen LogP contribution >= 0.6 is 0 Å². The molecule has 0 atom stereocenters. The topological polar surface area (TPSA) is 92.1 Å². The first-order chi connectivity index (χ1) is 8.69. The van der Waals surface area contributed by atoms with Crippen molar-refractivity contribution in [3.63, 3.8) is 0 Å². The van der Waals surface area contributed by atoms with Crippen molar-refractivity contribution in [2.75, 3.05) is 5.32 Å². The van der Waals surface area contributed by atoms with E-state index in [0.717, 1.165) is 5.69 Å². The molecule has 1 aromatic carbocycles. The molecule has 0 fully saturated rings. The monoisotopic (exact) mass is 243 g/mol. The summed E-state index contributed by atoms with van der Waals surface area (Å²) in [6.07, 6.45) is 0. The van der Waals surface area contributed by atoms with Crippen molar-refractivity contribution in [1.82, 2.24) is 0 Å². The van der Waals surface area contributed by atoms with Gasteiger partial charge in [0.25, 0.3) is 0 Å². The summed E-state index contributed by atoms with van der Waals surface area (Å²) in [6, 6.07) is 11.8. The molecule has 0 spiro atoms. The van der Waals surface area contributed by atoms with Crippen LogP contribution in [0.1, 0.15) is 11.3 Å². The van der Waals surface area contributed by atoms with E-state index in [4.69, 9.17) is 9.68 Å². The summed E-state index contributed by atoms with van der Waals surface area (Å²) in [5, 5.41) is 22.1. The van der Waals surface area contributed by atoms with Crippen LogP contribution in [0.15, 0.2) is 40.8 Å². The van der Waals surface area contributed by atoms with Crippen LogP contribution in [0.25, 0.3) is 0 Å². The van der Waals surface area contributed by atoms with Gasteiger partial charge in [0.05, 0.1) is 24.2 Å². The van der Waals surface area contributed by atoms with Gasteiger partial charge in [0, 0.05) is 5.69 Å². The Morgan fingerprint density at radius 1 is 1.28 bits per heavy atom. The maximum absolute atomic E-state index is 10.4. The van der Waals surface area contributed by atoms with Crippen molar-refractivity contribution in [3.8, 4) is 6.07 Å². The van der Waals surface area contributed by atoms with E-state index in [-0.39, 0.29) is 5.88 Å². The number of hydrogen-bond donors (Lipinski definition) is 1. The van der Waals surface area contributed by atoms with Gasteiger partial charge in [0.2, 0.25) is 0 Å². The quantitative estimate of drug-likeness (QED) is 0.658. The smallest absolute Gasteiger partial charge is 0.404 e. The number of nitrogens with zero attached hydrogens (tertiary/aromatic N) is 2. The minimum absolute atomic E-state index is 0.272. The van der Waals surface area contributed by atoms with E-state index < -0.39 is 4.92 Å². The highest BCUT2D eigenvalue weighted by molar-refractivity contribution is 5.47. The van der Waals surface area contributed by atoms with Crippen LogP contribution in [0.2, 0.25) is 0 Å². The lowest BCUT2D eigenvalue weighted by Gasteiger charge is -2.03. The lowest BCUT2D eigenvalue weighted by atomic mass is 10.2. The van der Waals surface area contributed by atoms with Gasteiger partial charge in [-0.1, -0.05) is 0 Å². The molecule has 0 bridgehead atoms. The van der Waals surface area contributed by atoms with Crippen molar-refractivity contribution in [1.29, 1.82) is 5.26 Å². The molecular formula is C12H9N3O3. The van der Waals surface area contributed by atoms with Crippen LogP contribution in [0, 0.1) is 21.4 Å². The van der Waals surface area contributed by atoms with Crippen molar-refractivity contribution in [3.05, 3.63) is 57.8 Å². The van der Waals surface area contributed by atoms with Gasteiger partial charge < -0.3 is 9.73 Å². The molecule has 0 saturated heterocycles. The molecule has 2 aromatic rings. The Balaban J connectivity index is 1.98. The third kappa shape index (κ3) is 2.65. The molecular weight excluding hydrogens is 234 g/mol. The van der Waals surface area contributed by atoms with Gasteiger partial charge >= 0.3 is 5.88 Å². The molecule has 6 nitrogen and oxygen atoms in total. The van der Waals surface area contributed by atoms with Gasteiger partial charge in [0.15, 0.2) is 0 Å². The Morgan fingerprint density at radius 2 is 2.00 bits per heavy atom. The van der Waals surface area contributed by atoms with Crippen molar-refractivity contribution in [2.24, 2.45) is 0 Å². The highest BCUT2D eigenvalue weighted by Crippen LogP contribution is 2.17. The Morgan fingerprint density at radius 3 is 2.56 bits per heavy atom. The van der Waals surface area contributed by atoms with Crippen LogP contribution < -0.4 is 5.32 Å². The molecule has 2 rings (SSSR count). The number of anilines is 1. The summed E-state index contributed by atoms with van der Waals surface area (Å²) in [7, 11) is 0. The van der Waals surface area contributed by atoms with Crippen molar-refractivity contribution in [2.45, 2.75) is 6.54 Å². The van der Waals surface area contributed by atoms with Crippen molar-refractivity contribution < 1.29 is 9.34 Å². The maximum atomic E-state index is 10.4. The fraction of sp³-hybridized carbons (Fsp3) is 0.0833. The normalized spacial score (nSPS) is 9.72. The fourth-order valence-corrected chi connectivity index (χ4v) is 1.41. The Labute approximate surface area is 103 Å². The summed E-state index contributed by atoms with van der Waals surface area (Å²) < 4.78 is 5.00. The molecule has 0 aliphatic heterocycles. The van der Waals surface area contributed by atoms with Gasteiger partial charge in [-0.15, -0.1) is 0 Å². The second kappa shape index (κ2) is 5.01.